The van der Waals surface area contributed by atoms with Gasteiger partial charge in [0, 0.05) is 19.6 Å². The Labute approximate surface area is 119 Å². The van der Waals surface area contributed by atoms with Crippen LogP contribution in [0.1, 0.15) is 13.3 Å². The maximum atomic E-state index is 13.2. The van der Waals surface area contributed by atoms with E-state index < -0.39 is 5.82 Å². The van der Waals surface area contributed by atoms with Crippen LogP contribution in [0.4, 0.5) is 4.39 Å². The number of para-hydroxylation sites is 1. The van der Waals surface area contributed by atoms with Crippen LogP contribution in [0.15, 0.2) is 24.3 Å². The van der Waals surface area contributed by atoms with Crippen molar-refractivity contribution < 1.29 is 13.9 Å². The average Bonchev–Trinajstić information content (AvgIpc) is 2.39. The highest BCUT2D eigenvalue weighted by molar-refractivity contribution is 5.85. The second-order valence-corrected chi connectivity index (χ2v) is 4.12. The molecular formula is C13H20ClFN2O2. The van der Waals surface area contributed by atoms with Crippen LogP contribution in [0.2, 0.25) is 0 Å². The van der Waals surface area contributed by atoms with Crippen molar-refractivity contribution in [2.75, 3.05) is 20.2 Å². The minimum absolute atomic E-state index is 0. The van der Waals surface area contributed by atoms with E-state index in [1.165, 1.54) is 12.1 Å². The summed E-state index contributed by atoms with van der Waals surface area (Å²) in [5.74, 6) is -0.322. The molecule has 0 aromatic heterocycles. The summed E-state index contributed by atoms with van der Waals surface area (Å²) in [4.78, 5) is 13.3. The van der Waals surface area contributed by atoms with Crippen LogP contribution in [0.5, 0.6) is 5.75 Å². The first kappa shape index (κ1) is 17.7. The van der Waals surface area contributed by atoms with Crippen LogP contribution in [0, 0.1) is 5.82 Å². The third-order valence-corrected chi connectivity index (χ3v) is 2.81. The molecule has 0 saturated heterocycles. The van der Waals surface area contributed by atoms with Gasteiger partial charge in [-0.25, -0.2) is 4.39 Å². The van der Waals surface area contributed by atoms with Crippen LogP contribution in [-0.2, 0) is 4.79 Å². The number of nitrogens with two attached hydrogens (primary N) is 1. The van der Waals surface area contributed by atoms with Gasteiger partial charge in [0.15, 0.2) is 11.6 Å². The van der Waals surface area contributed by atoms with Crippen molar-refractivity contribution in [2.24, 2.45) is 5.73 Å². The quantitative estimate of drug-likeness (QED) is 0.869. The van der Waals surface area contributed by atoms with E-state index in [-0.39, 0.29) is 43.1 Å². The van der Waals surface area contributed by atoms with E-state index in [0.717, 1.165) is 0 Å². The summed E-state index contributed by atoms with van der Waals surface area (Å²) < 4.78 is 18.4. The molecule has 1 atom stereocenters. The van der Waals surface area contributed by atoms with Crippen molar-refractivity contribution in [3.8, 4) is 5.75 Å². The third kappa shape index (κ3) is 5.44. The van der Waals surface area contributed by atoms with Crippen LogP contribution < -0.4 is 10.5 Å². The summed E-state index contributed by atoms with van der Waals surface area (Å²) in [6.45, 7) is 2.44. The van der Waals surface area contributed by atoms with Gasteiger partial charge >= 0.3 is 0 Å². The number of hydrogen-bond acceptors (Lipinski definition) is 3. The second-order valence-electron chi connectivity index (χ2n) is 4.12. The lowest BCUT2D eigenvalue weighted by Gasteiger charge is -2.23. The van der Waals surface area contributed by atoms with Gasteiger partial charge in [0.25, 0.3) is 0 Å². The van der Waals surface area contributed by atoms with Gasteiger partial charge in [0.1, 0.15) is 0 Å². The van der Waals surface area contributed by atoms with Crippen LogP contribution in [0.25, 0.3) is 0 Å². The molecule has 1 unspecified atom stereocenters. The van der Waals surface area contributed by atoms with Crippen molar-refractivity contribution in [1.29, 1.82) is 0 Å². The number of amides is 1. The fraction of sp³-hybridized carbons (Fsp3) is 0.462. The first-order valence-electron chi connectivity index (χ1n) is 5.89. The number of carbonyl (C=O) groups is 1. The average molecular weight is 291 g/mol. The summed E-state index contributed by atoms with van der Waals surface area (Å²) in [5, 5.41) is 0. The number of hydrogen-bond donors (Lipinski definition) is 1. The maximum Gasteiger partial charge on any atom is 0.226 e. The first-order valence-corrected chi connectivity index (χ1v) is 5.89. The normalized spacial score (nSPS) is 11.4. The number of rotatable bonds is 6. The van der Waals surface area contributed by atoms with Crippen LogP contribution >= 0.6 is 12.4 Å². The highest BCUT2D eigenvalue weighted by Crippen LogP contribution is 2.15. The highest BCUT2D eigenvalue weighted by Gasteiger charge is 2.14. The molecule has 6 heteroatoms. The van der Waals surface area contributed by atoms with Crippen LogP contribution in [0.3, 0.4) is 0 Å². The molecule has 19 heavy (non-hydrogen) atoms. The molecule has 0 heterocycles. The molecule has 0 aliphatic rings. The summed E-state index contributed by atoms with van der Waals surface area (Å²) in [6, 6.07) is 6.12. The van der Waals surface area contributed by atoms with Crippen molar-refractivity contribution in [3.05, 3.63) is 30.1 Å². The van der Waals surface area contributed by atoms with Crippen molar-refractivity contribution >= 4 is 18.3 Å². The van der Waals surface area contributed by atoms with Crippen molar-refractivity contribution in [3.63, 3.8) is 0 Å². The zero-order valence-electron chi connectivity index (χ0n) is 11.1. The third-order valence-electron chi connectivity index (χ3n) is 2.81. The maximum absolute atomic E-state index is 13.2. The molecule has 0 aliphatic heterocycles. The monoisotopic (exact) mass is 290 g/mol. The second kappa shape index (κ2) is 8.72. The zero-order valence-corrected chi connectivity index (χ0v) is 12.0. The van der Waals surface area contributed by atoms with Gasteiger partial charge in [-0.1, -0.05) is 12.1 Å². The smallest absolute Gasteiger partial charge is 0.226 e. The predicted octanol–water partition coefficient (Wildman–Crippen LogP) is 1.82. The summed E-state index contributed by atoms with van der Waals surface area (Å²) >= 11 is 0. The van der Waals surface area contributed by atoms with Crippen LogP contribution in [-0.4, -0.2) is 37.0 Å². The molecule has 1 aromatic carbocycles. The Hall–Kier alpha value is -1.33. The number of ether oxygens (including phenoxy) is 1. The molecule has 2 N–H and O–H groups in total. The van der Waals surface area contributed by atoms with Gasteiger partial charge in [-0.3, -0.25) is 4.79 Å². The van der Waals surface area contributed by atoms with Gasteiger partial charge in [-0.05, 0) is 19.1 Å². The number of halogens is 2. The van der Waals surface area contributed by atoms with Crippen molar-refractivity contribution in [2.45, 2.75) is 19.4 Å². The van der Waals surface area contributed by atoms with E-state index in [2.05, 4.69) is 0 Å². The molecule has 0 saturated carbocycles. The molecule has 0 radical (unpaired) electrons. The molecule has 1 aromatic rings. The first-order chi connectivity index (χ1) is 8.56. The number of carbonyl (C=O) groups excluding carboxylic acids is 1. The molecule has 4 nitrogen and oxygen atoms in total. The Morgan fingerprint density at radius 1 is 1.47 bits per heavy atom. The van der Waals surface area contributed by atoms with E-state index in [0.29, 0.717) is 6.54 Å². The topological polar surface area (TPSA) is 55.6 Å². The summed E-state index contributed by atoms with van der Waals surface area (Å²) in [5.41, 5.74) is 5.48. The minimum atomic E-state index is -0.423. The highest BCUT2D eigenvalue weighted by atomic mass is 35.5. The summed E-state index contributed by atoms with van der Waals surface area (Å²) in [7, 11) is 1.70. The fourth-order valence-electron chi connectivity index (χ4n) is 1.39. The molecule has 0 fully saturated rings. The molecule has 1 amide bonds. The van der Waals surface area contributed by atoms with Gasteiger partial charge in [-0.2, -0.15) is 0 Å². The van der Waals surface area contributed by atoms with Gasteiger partial charge in [0.2, 0.25) is 5.91 Å². The Bertz CT molecular complexity index is 404. The largest absolute Gasteiger partial charge is 0.490 e. The van der Waals surface area contributed by atoms with E-state index >= 15 is 0 Å². The molecule has 0 spiro atoms. The summed E-state index contributed by atoms with van der Waals surface area (Å²) in [6.07, 6.45) is 0.204. The zero-order chi connectivity index (χ0) is 13.5. The Morgan fingerprint density at radius 3 is 2.68 bits per heavy atom. The number of likely N-dealkylation sites (N-methyl/N-ethyl adjacent to an activating group) is 1. The standard InChI is InChI=1S/C13H19FN2O2.ClH/c1-10(9-15)16(2)13(17)7-8-18-12-6-4-3-5-11(12)14;/h3-6,10H,7-9,15H2,1-2H3;1H. The Kier molecular flexibility index (Phi) is 8.11. The van der Waals surface area contributed by atoms with Gasteiger partial charge in [-0.15, -0.1) is 12.4 Å². The van der Waals surface area contributed by atoms with Crippen molar-refractivity contribution in [1.82, 2.24) is 4.90 Å². The molecule has 0 aliphatic carbocycles. The molecule has 1 rings (SSSR count). The Balaban J connectivity index is 0.00000324. The lowest BCUT2D eigenvalue weighted by Crippen LogP contribution is -2.40. The minimum Gasteiger partial charge on any atom is -0.490 e. The number of benzene rings is 1. The van der Waals surface area contributed by atoms with E-state index in [1.807, 2.05) is 6.92 Å². The number of nitrogens with zero attached hydrogens (tertiary/aromatic N) is 1. The predicted molar refractivity (Wildman–Crippen MR) is 75.0 cm³/mol. The van der Waals surface area contributed by atoms with E-state index in [1.54, 1.807) is 24.1 Å². The van der Waals surface area contributed by atoms with E-state index in [9.17, 15) is 9.18 Å². The SMILES string of the molecule is CC(CN)N(C)C(=O)CCOc1ccccc1F.Cl. The van der Waals surface area contributed by atoms with Gasteiger partial charge < -0.3 is 15.4 Å². The molecule has 108 valence electrons. The Morgan fingerprint density at radius 2 is 2.11 bits per heavy atom. The lowest BCUT2D eigenvalue weighted by atomic mass is 10.2. The van der Waals surface area contributed by atoms with E-state index in [4.69, 9.17) is 10.5 Å². The molecular weight excluding hydrogens is 271 g/mol. The fourth-order valence-corrected chi connectivity index (χ4v) is 1.39. The van der Waals surface area contributed by atoms with Gasteiger partial charge in [0.05, 0.1) is 13.0 Å². The lowest BCUT2D eigenvalue weighted by molar-refractivity contribution is -0.132. The molecule has 0 bridgehead atoms.